The molecule has 2 atom stereocenters. The van der Waals surface area contributed by atoms with E-state index in [0.717, 1.165) is 0 Å². The molecule has 2 unspecified atom stereocenters. The van der Waals surface area contributed by atoms with Crippen molar-refractivity contribution in [1.82, 2.24) is 9.80 Å². The van der Waals surface area contributed by atoms with E-state index < -0.39 is 30.4 Å². The quantitative estimate of drug-likeness (QED) is 0.618. The van der Waals surface area contributed by atoms with E-state index in [0.29, 0.717) is 16.7 Å². The molecule has 0 radical (unpaired) electrons. The molecule has 8 nitrogen and oxygen atoms in total. The number of nitrogens with zero attached hydrogens (tertiary/aromatic N) is 2. The Labute approximate surface area is 189 Å². The smallest absolute Gasteiger partial charge is 0.387 e. The van der Waals surface area contributed by atoms with E-state index in [-0.39, 0.29) is 30.6 Å². The van der Waals surface area contributed by atoms with Crippen LogP contribution in [0.5, 0.6) is 11.5 Å². The zero-order valence-electron chi connectivity index (χ0n) is 18.5. The van der Waals surface area contributed by atoms with Crippen LogP contribution >= 0.6 is 0 Å². The Morgan fingerprint density at radius 1 is 1.15 bits per heavy atom. The van der Waals surface area contributed by atoms with E-state index in [2.05, 4.69) is 4.74 Å². The van der Waals surface area contributed by atoms with Crippen LogP contribution in [0.3, 0.4) is 0 Å². The first-order valence-corrected chi connectivity index (χ1v) is 10.3. The van der Waals surface area contributed by atoms with Crippen molar-refractivity contribution in [3.63, 3.8) is 0 Å². The lowest BCUT2D eigenvalue weighted by Crippen LogP contribution is -2.42. The third-order valence-corrected chi connectivity index (χ3v) is 5.33. The highest BCUT2D eigenvalue weighted by molar-refractivity contribution is 6.04. The maximum atomic E-state index is 13.1. The first kappa shape index (κ1) is 24.0. The number of hydrogen-bond acceptors (Lipinski definition) is 5. The second-order valence-corrected chi connectivity index (χ2v) is 7.65. The average Bonchev–Trinajstić information content (AvgIpc) is 3.04. The van der Waals surface area contributed by atoms with E-state index in [4.69, 9.17) is 10.5 Å². The number of amides is 3. The summed E-state index contributed by atoms with van der Waals surface area (Å²) in [6.07, 6.45) is 0. The number of hydrogen-bond donors (Lipinski definition) is 1. The number of rotatable bonds is 9. The Morgan fingerprint density at radius 3 is 2.45 bits per heavy atom. The molecule has 2 aromatic rings. The largest absolute Gasteiger partial charge is 0.490 e. The van der Waals surface area contributed by atoms with E-state index in [1.54, 1.807) is 45.3 Å². The molecule has 0 aromatic heterocycles. The van der Waals surface area contributed by atoms with Crippen LogP contribution in [0.15, 0.2) is 42.5 Å². The fourth-order valence-electron chi connectivity index (χ4n) is 3.90. The number of benzene rings is 2. The molecule has 0 aliphatic carbocycles. The van der Waals surface area contributed by atoms with Crippen LogP contribution in [0.2, 0.25) is 0 Å². The van der Waals surface area contributed by atoms with Crippen LogP contribution in [0, 0.1) is 0 Å². The van der Waals surface area contributed by atoms with Gasteiger partial charge in [0.15, 0.2) is 11.5 Å². The number of nitrogens with two attached hydrogens (primary N) is 1. The highest BCUT2D eigenvalue weighted by Gasteiger charge is 2.42. The molecule has 0 bridgehead atoms. The molecule has 3 amide bonds. The van der Waals surface area contributed by atoms with Crippen molar-refractivity contribution < 1.29 is 32.6 Å². The number of carbonyl (C=O) groups is 3. The Bertz CT molecular complexity index is 1060. The van der Waals surface area contributed by atoms with Gasteiger partial charge in [0.2, 0.25) is 11.8 Å². The van der Waals surface area contributed by atoms with Crippen molar-refractivity contribution in [2.75, 3.05) is 27.2 Å². The van der Waals surface area contributed by atoms with Crippen molar-refractivity contribution in [2.45, 2.75) is 25.5 Å². The molecular weight excluding hydrogens is 436 g/mol. The first-order valence-electron chi connectivity index (χ1n) is 10.3. The minimum atomic E-state index is -3.05. The topological polar surface area (TPSA) is 102 Å². The SMILES string of the molecule is CCOc1cc(C(CN2C(=O)c3ccccc3C2C(N)=O)C(=O)N(C)C)ccc1OC(F)F. The number of ether oxygens (including phenoxy) is 2. The van der Waals surface area contributed by atoms with Crippen molar-refractivity contribution in [3.8, 4) is 11.5 Å². The number of alkyl halides is 2. The Kier molecular flexibility index (Phi) is 7.15. The van der Waals surface area contributed by atoms with E-state index in [1.807, 2.05) is 0 Å². The number of primary amides is 1. The summed E-state index contributed by atoms with van der Waals surface area (Å²) in [6.45, 7) is -1.34. The highest BCUT2D eigenvalue weighted by Crippen LogP contribution is 2.37. The number of carbonyl (C=O) groups excluding carboxylic acids is 3. The van der Waals surface area contributed by atoms with Crippen LogP contribution in [-0.4, -0.2) is 61.4 Å². The van der Waals surface area contributed by atoms with Gasteiger partial charge in [0, 0.05) is 26.2 Å². The van der Waals surface area contributed by atoms with Gasteiger partial charge in [0.25, 0.3) is 5.91 Å². The molecule has 0 saturated heterocycles. The molecule has 10 heteroatoms. The summed E-state index contributed by atoms with van der Waals surface area (Å²) in [5, 5.41) is 0. The monoisotopic (exact) mass is 461 g/mol. The van der Waals surface area contributed by atoms with Gasteiger partial charge in [-0.2, -0.15) is 8.78 Å². The molecule has 0 spiro atoms. The molecule has 3 rings (SSSR count). The molecule has 2 aromatic carbocycles. The molecule has 1 aliphatic rings. The maximum Gasteiger partial charge on any atom is 0.387 e. The summed E-state index contributed by atoms with van der Waals surface area (Å²) in [4.78, 5) is 41.0. The summed E-state index contributed by atoms with van der Waals surface area (Å²) in [6, 6.07) is 9.77. The second-order valence-electron chi connectivity index (χ2n) is 7.65. The zero-order valence-corrected chi connectivity index (χ0v) is 18.5. The Hall–Kier alpha value is -3.69. The van der Waals surface area contributed by atoms with Crippen LogP contribution in [0.25, 0.3) is 0 Å². The van der Waals surface area contributed by atoms with Gasteiger partial charge in [0.05, 0.1) is 12.5 Å². The molecule has 2 N–H and O–H groups in total. The van der Waals surface area contributed by atoms with Gasteiger partial charge in [0.1, 0.15) is 6.04 Å². The van der Waals surface area contributed by atoms with Gasteiger partial charge in [-0.25, -0.2) is 0 Å². The van der Waals surface area contributed by atoms with E-state index in [9.17, 15) is 23.2 Å². The maximum absolute atomic E-state index is 13.1. The van der Waals surface area contributed by atoms with Gasteiger partial charge in [-0.05, 0) is 36.2 Å². The molecule has 33 heavy (non-hydrogen) atoms. The summed E-state index contributed by atoms with van der Waals surface area (Å²) < 4.78 is 35.5. The predicted octanol–water partition coefficient (Wildman–Crippen LogP) is 2.54. The second kappa shape index (κ2) is 9.85. The molecule has 176 valence electrons. The lowest BCUT2D eigenvalue weighted by molar-refractivity contribution is -0.131. The minimum absolute atomic E-state index is 0.0364. The third-order valence-electron chi connectivity index (χ3n) is 5.33. The normalized spacial score (nSPS) is 15.9. The van der Waals surface area contributed by atoms with Crippen LogP contribution < -0.4 is 15.2 Å². The van der Waals surface area contributed by atoms with Crippen LogP contribution in [0.4, 0.5) is 8.78 Å². The van der Waals surface area contributed by atoms with Crippen molar-refractivity contribution in [3.05, 3.63) is 59.2 Å². The lowest BCUT2D eigenvalue weighted by Gasteiger charge is -2.29. The Balaban J connectivity index is 2.03. The van der Waals surface area contributed by atoms with Gasteiger partial charge in [-0.1, -0.05) is 24.3 Å². The van der Waals surface area contributed by atoms with Gasteiger partial charge >= 0.3 is 6.61 Å². The van der Waals surface area contributed by atoms with Crippen molar-refractivity contribution >= 4 is 17.7 Å². The summed E-state index contributed by atoms with van der Waals surface area (Å²) in [7, 11) is 3.11. The Morgan fingerprint density at radius 2 is 1.85 bits per heavy atom. The molecule has 0 fully saturated rings. The average molecular weight is 461 g/mol. The lowest BCUT2D eigenvalue weighted by atomic mass is 9.95. The van der Waals surface area contributed by atoms with Crippen molar-refractivity contribution in [2.24, 2.45) is 5.73 Å². The number of halogens is 2. The van der Waals surface area contributed by atoms with Crippen molar-refractivity contribution in [1.29, 1.82) is 0 Å². The molecule has 0 saturated carbocycles. The number of fused-ring (bicyclic) bond motifs is 1. The standard InChI is InChI=1S/C23H25F2N3O5/c1-4-32-18-11-13(9-10-17(18)33-23(24)25)16(21(30)27(2)3)12-28-19(20(26)29)14-7-5-6-8-15(14)22(28)31/h5-11,16,19,23H,4,12H2,1-3H3,(H2,26,29). The molecule has 1 heterocycles. The zero-order chi connectivity index (χ0) is 24.3. The van der Waals surface area contributed by atoms with Crippen LogP contribution in [-0.2, 0) is 9.59 Å². The van der Waals surface area contributed by atoms with E-state index in [1.165, 1.54) is 28.0 Å². The molecule has 1 aliphatic heterocycles. The first-order chi connectivity index (χ1) is 15.6. The van der Waals surface area contributed by atoms with Crippen LogP contribution in [0.1, 0.15) is 40.4 Å². The van der Waals surface area contributed by atoms with Gasteiger partial charge < -0.3 is 25.0 Å². The van der Waals surface area contributed by atoms with E-state index >= 15 is 0 Å². The van der Waals surface area contributed by atoms with Gasteiger partial charge in [-0.3, -0.25) is 14.4 Å². The predicted molar refractivity (Wildman–Crippen MR) is 115 cm³/mol. The summed E-state index contributed by atoms with van der Waals surface area (Å²) in [5.74, 6) is -2.55. The molecular formula is C23H25F2N3O5. The summed E-state index contributed by atoms with van der Waals surface area (Å²) >= 11 is 0. The number of likely N-dealkylation sites (N-methyl/N-ethyl adjacent to an activating group) is 1. The fraction of sp³-hybridized carbons (Fsp3) is 0.348. The minimum Gasteiger partial charge on any atom is -0.490 e. The van der Waals surface area contributed by atoms with Gasteiger partial charge in [-0.15, -0.1) is 0 Å². The fourth-order valence-corrected chi connectivity index (χ4v) is 3.90. The third kappa shape index (κ3) is 4.89. The summed E-state index contributed by atoms with van der Waals surface area (Å²) in [5.41, 5.74) is 6.83. The highest BCUT2D eigenvalue weighted by atomic mass is 19.3.